The average molecular weight is 544 g/mol. The monoisotopic (exact) mass is 543 g/mol. The minimum atomic E-state index is 0. The summed E-state index contributed by atoms with van der Waals surface area (Å²) in [5.41, 5.74) is 0. The molecule has 0 amide bonds. The lowest BCUT2D eigenvalue weighted by atomic mass is 10.3. The van der Waals surface area contributed by atoms with Crippen molar-refractivity contribution >= 4 is 47.2 Å². The number of aliphatic imine (C=N–C) groups is 1. The van der Waals surface area contributed by atoms with Gasteiger partial charge in [-0.3, -0.25) is 4.90 Å². The number of guanidine groups is 1. The SMILES string of the molecule is CCNC(=NCc1ccc(CC)s1)NCCCN1CCN(c2ncccn2)CC1.I. The van der Waals surface area contributed by atoms with Gasteiger partial charge in [0.2, 0.25) is 5.95 Å². The second-order valence-electron chi connectivity index (χ2n) is 7.07. The van der Waals surface area contributed by atoms with E-state index >= 15 is 0 Å². The maximum absolute atomic E-state index is 4.73. The van der Waals surface area contributed by atoms with E-state index < -0.39 is 0 Å². The zero-order valence-electron chi connectivity index (χ0n) is 18.0. The summed E-state index contributed by atoms with van der Waals surface area (Å²) in [5, 5.41) is 6.82. The van der Waals surface area contributed by atoms with E-state index in [-0.39, 0.29) is 24.0 Å². The van der Waals surface area contributed by atoms with Crippen molar-refractivity contribution in [3.05, 3.63) is 40.3 Å². The lowest BCUT2D eigenvalue weighted by Gasteiger charge is -2.34. The number of piperazine rings is 1. The van der Waals surface area contributed by atoms with Crippen LogP contribution in [0.3, 0.4) is 0 Å². The predicted molar refractivity (Wildman–Crippen MR) is 137 cm³/mol. The van der Waals surface area contributed by atoms with Gasteiger partial charge in [-0.1, -0.05) is 6.92 Å². The molecule has 0 radical (unpaired) electrons. The molecule has 1 saturated heterocycles. The van der Waals surface area contributed by atoms with Crippen molar-refractivity contribution in [1.82, 2.24) is 25.5 Å². The number of nitrogens with zero attached hydrogens (tertiary/aromatic N) is 5. The van der Waals surface area contributed by atoms with Gasteiger partial charge in [0.05, 0.1) is 6.54 Å². The Bertz CT molecular complexity index is 745. The summed E-state index contributed by atoms with van der Waals surface area (Å²) in [6.07, 6.45) is 5.82. The largest absolute Gasteiger partial charge is 0.357 e. The molecular formula is C21H34IN7S. The number of halogens is 1. The molecule has 7 nitrogen and oxygen atoms in total. The van der Waals surface area contributed by atoms with Gasteiger partial charge < -0.3 is 15.5 Å². The van der Waals surface area contributed by atoms with E-state index in [1.807, 2.05) is 29.8 Å². The molecule has 1 aliphatic heterocycles. The minimum Gasteiger partial charge on any atom is -0.357 e. The number of aryl methyl sites for hydroxylation is 1. The predicted octanol–water partition coefficient (Wildman–Crippen LogP) is 2.99. The quantitative estimate of drug-likeness (QED) is 0.220. The van der Waals surface area contributed by atoms with Gasteiger partial charge in [0, 0.05) is 61.4 Å². The second-order valence-corrected chi connectivity index (χ2v) is 8.33. The number of anilines is 1. The van der Waals surface area contributed by atoms with Crippen LogP contribution < -0.4 is 15.5 Å². The molecule has 9 heteroatoms. The summed E-state index contributed by atoms with van der Waals surface area (Å²) >= 11 is 1.86. The molecule has 0 aliphatic carbocycles. The van der Waals surface area contributed by atoms with Gasteiger partial charge in [0.25, 0.3) is 0 Å². The Balaban J connectivity index is 0.00000320. The summed E-state index contributed by atoms with van der Waals surface area (Å²) in [7, 11) is 0. The van der Waals surface area contributed by atoms with Crippen LogP contribution in [-0.2, 0) is 13.0 Å². The second kappa shape index (κ2) is 13.8. The number of thiophene rings is 1. The summed E-state index contributed by atoms with van der Waals surface area (Å²) in [6.45, 7) is 12.0. The third kappa shape index (κ3) is 7.99. The Labute approximate surface area is 201 Å². The lowest BCUT2D eigenvalue weighted by Crippen LogP contribution is -2.47. The maximum atomic E-state index is 4.73. The molecule has 0 bridgehead atoms. The first-order valence-corrected chi connectivity index (χ1v) is 11.4. The number of hydrogen-bond acceptors (Lipinski definition) is 6. The highest BCUT2D eigenvalue weighted by Crippen LogP contribution is 2.17. The Morgan fingerprint density at radius 2 is 1.80 bits per heavy atom. The smallest absolute Gasteiger partial charge is 0.225 e. The Hall–Kier alpha value is -1.46. The normalized spacial score (nSPS) is 15.0. The van der Waals surface area contributed by atoms with Crippen LogP contribution in [-0.4, -0.2) is 66.6 Å². The molecule has 0 saturated carbocycles. The summed E-state index contributed by atoms with van der Waals surface area (Å²) in [4.78, 5) is 21.0. The fraction of sp³-hybridized carbons (Fsp3) is 0.571. The van der Waals surface area contributed by atoms with Crippen molar-refractivity contribution in [3.63, 3.8) is 0 Å². The van der Waals surface area contributed by atoms with Gasteiger partial charge in [0.1, 0.15) is 0 Å². The molecule has 2 N–H and O–H groups in total. The van der Waals surface area contributed by atoms with Crippen molar-refractivity contribution in [2.75, 3.05) is 50.7 Å². The highest BCUT2D eigenvalue weighted by Gasteiger charge is 2.18. The van der Waals surface area contributed by atoms with E-state index in [0.717, 1.165) is 77.1 Å². The average Bonchev–Trinajstić information content (AvgIpc) is 3.24. The Morgan fingerprint density at radius 1 is 1.07 bits per heavy atom. The molecule has 1 aliphatic rings. The molecule has 0 atom stereocenters. The van der Waals surface area contributed by atoms with Crippen LogP contribution in [0.1, 0.15) is 30.0 Å². The van der Waals surface area contributed by atoms with Crippen LogP contribution in [0.15, 0.2) is 35.6 Å². The number of hydrogen-bond donors (Lipinski definition) is 2. The molecule has 3 rings (SSSR count). The zero-order chi connectivity index (χ0) is 20.3. The fourth-order valence-electron chi connectivity index (χ4n) is 3.33. The van der Waals surface area contributed by atoms with Crippen LogP contribution in [0.25, 0.3) is 0 Å². The molecule has 2 aromatic heterocycles. The molecule has 166 valence electrons. The first kappa shape index (κ1) is 24.8. The maximum Gasteiger partial charge on any atom is 0.225 e. The van der Waals surface area contributed by atoms with Gasteiger partial charge >= 0.3 is 0 Å². The molecule has 0 unspecified atom stereocenters. The van der Waals surface area contributed by atoms with Crippen molar-refractivity contribution in [2.45, 2.75) is 33.2 Å². The van der Waals surface area contributed by atoms with Crippen molar-refractivity contribution in [2.24, 2.45) is 4.99 Å². The van der Waals surface area contributed by atoms with E-state index in [1.54, 1.807) is 0 Å². The van der Waals surface area contributed by atoms with Gasteiger partial charge in [0.15, 0.2) is 5.96 Å². The minimum absolute atomic E-state index is 0. The van der Waals surface area contributed by atoms with Crippen LogP contribution in [0.5, 0.6) is 0 Å². The van der Waals surface area contributed by atoms with Crippen molar-refractivity contribution in [3.8, 4) is 0 Å². The first-order chi connectivity index (χ1) is 14.3. The summed E-state index contributed by atoms with van der Waals surface area (Å²) in [6, 6.07) is 6.26. The Morgan fingerprint density at radius 3 is 2.47 bits per heavy atom. The summed E-state index contributed by atoms with van der Waals surface area (Å²) in [5.74, 6) is 1.75. The Kier molecular flexibility index (Phi) is 11.4. The highest BCUT2D eigenvalue weighted by molar-refractivity contribution is 14.0. The third-order valence-corrected chi connectivity index (χ3v) is 6.17. The van der Waals surface area contributed by atoms with Crippen LogP contribution in [0.4, 0.5) is 5.95 Å². The van der Waals surface area contributed by atoms with E-state index in [0.29, 0.717) is 0 Å². The number of nitrogens with one attached hydrogen (secondary N) is 2. The van der Waals surface area contributed by atoms with E-state index in [4.69, 9.17) is 4.99 Å². The lowest BCUT2D eigenvalue weighted by molar-refractivity contribution is 0.254. The molecule has 3 heterocycles. The third-order valence-electron chi connectivity index (χ3n) is 4.95. The molecule has 2 aromatic rings. The molecular weight excluding hydrogens is 509 g/mol. The zero-order valence-corrected chi connectivity index (χ0v) is 21.2. The molecule has 0 spiro atoms. The van der Waals surface area contributed by atoms with Crippen LogP contribution >= 0.6 is 35.3 Å². The van der Waals surface area contributed by atoms with Crippen LogP contribution in [0.2, 0.25) is 0 Å². The van der Waals surface area contributed by atoms with E-state index in [9.17, 15) is 0 Å². The van der Waals surface area contributed by atoms with Gasteiger partial charge in [-0.15, -0.1) is 35.3 Å². The van der Waals surface area contributed by atoms with E-state index in [1.165, 1.54) is 9.75 Å². The summed E-state index contributed by atoms with van der Waals surface area (Å²) < 4.78 is 0. The van der Waals surface area contributed by atoms with Gasteiger partial charge in [-0.2, -0.15) is 0 Å². The first-order valence-electron chi connectivity index (χ1n) is 10.6. The highest BCUT2D eigenvalue weighted by atomic mass is 127. The molecule has 0 aromatic carbocycles. The van der Waals surface area contributed by atoms with Crippen molar-refractivity contribution < 1.29 is 0 Å². The van der Waals surface area contributed by atoms with E-state index in [2.05, 4.69) is 56.4 Å². The number of rotatable bonds is 9. The fourth-order valence-corrected chi connectivity index (χ4v) is 4.21. The standard InChI is InChI=1S/C21H33N7S.HI/c1-3-18-7-8-19(29-18)17-26-20(22-4-2)23-11-6-12-27-13-15-28(16-14-27)21-24-9-5-10-25-21;/h5,7-10H,3-4,6,11-17H2,1-2H3,(H2,22,23,26);1H. The number of aromatic nitrogens is 2. The van der Waals surface area contributed by atoms with Gasteiger partial charge in [-0.05, 0) is 44.5 Å². The van der Waals surface area contributed by atoms with Crippen LogP contribution in [0, 0.1) is 0 Å². The van der Waals surface area contributed by atoms with Gasteiger partial charge in [-0.25, -0.2) is 15.0 Å². The topological polar surface area (TPSA) is 68.7 Å². The van der Waals surface area contributed by atoms with Crippen molar-refractivity contribution in [1.29, 1.82) is 0 Å². The molecule has 30 heavy (non-hydrogen) atoms. The molecule has 1 fully saturated rings.